The Morgan fingerprint density at radius 2 is 2.06 bits per heavy atom. The second-order valence-electron chi connectivity index (χ2n) is 4.28. The third-order valence-corrected chi connectivity index (χ3v) is 2.49. The largest absolute Gasteiger partial charge is 0.508 e. The van der Waals surface area contributed by atoms with Gasteiger partial charge in [-0.15, -0.1) is 0 Å². The topological polar surface area (TPSA) is 78.8 Å². The van der Waals surface area contributed by atoms with Gasteiger partial charge in [0.2, 0.25) is 0 Å². The van der Waals surface area contributed by atoms with Crippen LogP contribution in [-0.4, -0.2) is 28.8 Å². The van der Waals surface area contributed by atoms with Crippen LogP contribution in [0.5, 0.6) is 11.5 Å². The summed E-state index contributed by atoms with van der Waals surface area (Å²) in [5.74, 6) is -0.396. The lowest BCUT2D eigenvalue weighted by Crippen LogP contribution is -2.46. The molecule has 0 spiro atoms. The number of aromatic hydroxyl groups is 2. The summed E-state index contributed by atoms with van der Waals surface area (Å²) in [5.41, 5.74) is -0.237. The summed E-state index contributed by atoms with van der Waals surface area (Å²) in [4.78, 5) is 11.4. The Labute approximate surface area is 100 Å². The van der Waals surface area contributed by atoms with Crippen molar-refractivity contribution in [3.63, 3.8) is 0 Å². The third-order valence-electron chi connectivity index (χ3n) is 2.49. The summed E-state index contributed by atoms with van der Waals surface area (Å²) in [6.07, 6.45) is 0. The first-order valence-corrected chi connectivity index (χ1v) is 5.21. The highest BCUT2D eigenvalue weighted by Gasteiger charge is 2.27. The number of hydrogen-bond donors (Lipinski definition) is 3. The lowest BCUT2D eigenvalue weighted by molar-refractivity contribution is -0.147. The molecule has 0 amide bonds. The Balaban J connectivity index is 2.70. The number of hydrogen-bond acceptors (Lipinski definition) is 5. The molecule has 0 saturated heterocycles. The predicted molar refractivity (Wildman–Crippen MR) is 62.7 cm³/mol. The number of benzene rings is 1. The smallest absolute Gasteiger partial charge is 0.325 e. The fourth-order valence-electron chi connectivity index (χ4n) is 1.35. The molecule has 1 rings (SSSR count). The molecule has 0 aliphatic carbocycles. The molecule has 0 aromatic heterocycles. The van der Waals surface area contributed by atoms with Gasteiger partial charge in [0.05, 0.1) is 7.11 Å². The zero-order chi connectivity index (χ0) is 13.1. The van der Waals surface area contributed by atoms with E-state index in [2.05, 4.69) is 10.1 Å². The van der Waals surface area contributed by atoms with Gasteiger partial charge in [-0.05, 0) is 19.9 Å². The first-order chi connectivity index (χ1) is 7.86. The number of esters is 1. The van der Waals surface area contributed by atoms with Crippen LogP contribution in [0.15, 0.2) is 18.2 Å². The Morgan fingerprint density at radius 1 is 1.41 bits per heavy atom. The molecule has 0 radical (unpaired) electrons. The Kier molecular flexibility index (Phi) is 3.96. The highest BCUT2D eigenvalue weighted by molar-refractivity contribution is 5.79. The standard InChI is InChI=1S/C12H17NO4/c1-12(2,11(16)17-3)13-7-8-4-5-9(14)6-10(8)15/h4-6,13-15H,7H2,1-3H3. The highest BCUT2D eigenvalue weighted by atomic mass is 16.5. The average Bonchev–Trinajstić information content (AvgIpc) is 2.26. The Bertz CT molecular complexity index is 415. The second-order valence-corrected chi connectivity index (χ2v) is 4.28. The van der Waals surface area contributed by atoms with Crippen molar-refractivity contribution >= 4 is 5.97 Å². The minimum atomic E-state index is -0.834. The van der Waals surface area contributed by atoms with E-state index in [4.69, 9.17) is 5.11 Å². The van der Waals surface area contributed by atoms with E-state index in [1.54, 1.807) is 19.9 Å². The van der Waals surface area contributed by atoms with Gasteiger partial charge < -0.3 is 14.9 Å². The van der Waals surface area contributed by atoms with Crippen molar-refractivity contribution in [1.82, 2.24) is 5.32 Å². The number of methoxy groups -OCH3 is 1. The Morgan fingerprint density at radius 3 is 2.59 bits per heavy atom. The zero-order valence-corrected chi connectivity index (χ0v) is 10.2. The Hall–Kier alpha value is -1.75. The molecule has 0 heterocycles. The molecule has 17 heavy (non-hydrogen) atoms. The number of carbonyl (C=O) groups is 1. The number of ether oxygens (including phenoxy) is 1. The van der Waals surface area contributed by atoms with Gasteiger partial charge in [0.1, 0.15) is 17.0 Å². The molecule has 0 aliphatic heterocycles. The molecular weight excluding hydrogens is 222 g/mol. The summed E-state index contributed by atoms with van der Waals surface area (Å²) < 4.78 is 4.65. The number of phenols is 2. The molecule has 0 saturated carbocycles. The first kappa shape index (κ1) is 13.3. The maximum atomic E-state index is 11.4. The van der Waals surface area contributed by atoms with Crippen molar-refractivity contribution in [2.45, 2.75) is 25.9 Å². The fraction of sp³-hybridized carbons (Fsp3) is 0.417. The maximum absolute atomic E-state index is 11.4. The van der Waals surface area contributed by atoms with Crippen molar-refractivity contribution < 1.29 is 19.7 Å². The molecule has 0 bridgehead atoms. The van der Waals surface area contributed by atoms with Crippen LogP contribution < -0.4 is 5.32 Å². The normalized spacial score (nSPS) is 11.2. The molecule has 5 heteroatoms. The summed E-state index contributed by atoms with van der Waals surface area (Å²) >= 11 is 0. The molecule has 0 fully saturated rings. The van der Waals surface area contributed by atoms with Crippen LogP contribution in [0.2, 0.25) is 0 Å². The molecule has 3 N–H and O–H groups in total. The van der Waals surface area contributed by atoms with Gasteiger partial charge in [0, 0.05) is 18.2 Å². The van der Waals surface area contributed by atoms with Crippen LogP contribution in [0, 0.1) is 0 Å². The van der Waals surface area contributed by atoms with E-state index in [0.717, 1.165) is 0 Å². The lowest BCUT2D eigenvalue weighted by Gasteiger charge is -2.23. The van der Waals surface area contributed by atoms with Gasteiger partial charge in [-0.2, -0.15) is 0 Å². The van der Waals surface area contributed by atoms with Gasteiger partial charge in [-0.1, -0.05) is 6.07 Å². The molecule has 0 atom stereocenters. The van der Waals surface area contributed by atoms with Gasteiger partial charge >= 0.3 is 5.97 Å². The van der Waals surface area contributed by atoms with E-state index in [1.165, 1.54) is 19.2 Å². The number of rotatable bonds is 4. The molecule has 0 aliphatic rings. The molecule has 94 valence electrons. The van der Waals surface area contributed by atoms with Crippen LogP contribution in [0.25, 0.3) is 0 Å². The van der Waals surface area contributed by atoms with Crippen molar-refractivity contribution in [2.24, 2.45) is 0 Å². The third kappa shape index (κ3) is 3.35. The van der Waals surface area contributed by atoms with Crippen molar-refractivity contribution in [3.05, 3.63) is 23.8 Å². The summed E-state index contributed by atoms with van der Waals surface area (Å²) in [6.45, 7) is 3.68. The predicted octanol–water partition coefficient (Wildman–Crippen LogP) is 1.14. The summed E-state index contributed by atoms with van der Waals surface area (Å²) in [5, 5.41) is 21.7. The summed E-state index contributed by atoms with van der Waals surface area (Å²) in [7, 11) is 1.32. The van der Waals surface area contributed by atoms with Gasteiger partial charge in [0.15, 0.2) is 0 Å². The average molecular weight is 239 g/mol. The molecular formula is C12H17NO4. The maximum Gasteiger partial charge on any atom is 0.325 e. The number of nitrogens with one attached hydrogen (secondary N) is 1. The molecule has 1 aromatic rings. The first-order valence-electron chi connectivity index (χ1n) is 5.21. The fourth-order valence-corrected chi connectivity index (χ4v) is 1.35. The molecule has 0 unspecified atom stereocenters. The van der Waals surface area contributed by atoms with Gasteiger partial charge in [0.25, 0.3) is 0 Å². The van der Waals surface area contributed by atoms with E-state index >= 15 is 0 Å². The number of carbonyl (C=O) groups excluding carboxylic acids is 1. The monoisotopic (exact) mass is 239 g/mol. The molecule has 1 aromatic carbocycles. The van der Waals surface area contributed by atoms with E-state index in [1.807, 2.05) is 0 Å². The van der Waals surface area contributed by atoms with E-state index in [-0.39, 0.29) is 17.5 Å². The van der Waals surface area contributed by atoms with Crippen molar-refractivity contribution in [2.75, 3.05) is 7.11 Å². The van der Waals surface area contributed by atoms with Crippen LogP contribution >= 0.6 is 0 Å². The van der Waals surface area contributed by atoms with Crippen LogP contribution in [-0.2, 0) is 16.1 Å². The van der Waals surface area contributed by atoms with Crippen LogP contribution in [0.1, 0.15) is 19.4 Å². The van der Waals surface area contributed by atoms with E-state index < -0.39 is 5.54 Å². The number of phenolic OH excluding ortho intramolecular Hbond substituents is 2. The van der Waals surface area contributed by atoms with E-state index in [0.29, 0.717) is 12.1 Å². The highest BCUT2D eigenvalue weighted by Crippen LogP contribution is 2.22. The van der Waals surface area contributed by atoms with E-state index in [9.17, 15) is 9.90 Å². The van der Waals surface area contributed by atoms with Gasteiger partial charge in [-0.3, -0.25) is 10.1 Å². The SMILES string of the molecule is COC(=O)C(C)(C)NCc1ccc(O)cc1O. The minimum Gasteiger partial charge on any atom is -0.508 e. The zero-order valence-electron chi connectivity index (χ0n) is 10.2. The van der Waals surface area contributed by atoms with Crippen molar-refractivity contribution in [1.29, 1.82) is 0 Å². The quantitative estimate of drug-likeness (QED) is 0.687. The summed E-state index contributed by atoms with van der Waals surface area (Å²) in [6, 6.07) is 4.31. The minimum absolute atomic E-state index is 0.00141. The van der Waals surface area contributed by atoms with Crippen LogP contribution in [0.4, 0.5) is 0 Å². The lowest BCUT2D eigenvalue weighted by atomic mass is 10.1. The molecule has 5 nitrogen and oxygen atoms in total. The van der Waals surface area contributed by atoms with Gasteiger partial charge in [-0.25, -0.2) is 0 Å². The van der Waals surface area contributed by atoms with Crippen molar-refractivity contribution in [3.8, 4) is 11.5 Å². The van der Waals surface area contributed by atoms with Crippen LogP contribution in [0.3, 0.4) is 0 Å². The second kappa shape index (κ2) is 5.05.